The molecule has 0 radical (unpaired) electrons. The highest BCUT2D eigenvalue weighted by atomic mass is 19.2. The number of amides is 1. The summed E-state index contributed by atoms with van der Waals surface area (Å²) in [5.74, 6) is -3.75. The first-order valence-electron chi connectivity index (χ1n) is 6.83. The van der Waals surface area contributed by atoms with Crippen LogP contribution in [0.2, 0.25) is 0 Å². The highest BCUT2D eigenvalue weighted by Crippen LogP contribution is 2.13. The Balaban J connectivity index is 2.91. The van der Waals surface area contributed by atoms with Crippen LogP contribution in [0.5, 0.6) is 0 Å². The van der Waals surface area contributed by atoms with Gasteiger partial charge in [-0.15, -0.1) is 0 Å². The minimum absolute atomic E-state index is 0.0195. The molecule has 1 amide bonds. The van der Waals surface area contributed by atoms with Crippen molar-refractivity contribution in [1.82, 2.24) is 4.90 Å². The minimum Gasteiger partial charge on any atom is -0.469 e. The molecule has 7 heteroatoms. The van der Waals surface area contributed by atoms with E-state index in [1.54, 1.807) is 6.92 Å². The molecular formula is C15H19F2NO4. The van der Waals surface area contributed by atoms with Crippen LogP contribution in [-0.4, -0.2) is 48.7 Å². The number of rotatable bonds is 7. The van der Waals surface area contributed by atoms with Gasteiger partial charge >= 0.3 is 5.97 Å². The van der Waals surface area contributed by atoms with Crippen molar-refractivity contribution in [3.05, 3.63) is 35.4 Å². The van der Waals surface area contributed by atoms with Crippen molar-refractivity contribution in [2.75, 3.05) is 26.8 Å². The monoisotopic (exact) mass is 315 g/mol. The van der Waals surface area contributed by atoms with E-state index < -0.39 is 29.4 Å². The number of aliphatic hydroxyl groups is 1. The number of methoxy groups -OCH3 is 1. The Bertz CT molecular complexity index is 536. The van der Waals surface area contributed by atoms with Gasteiger partial charge in [0.15, 0.2) is 11.6 Å². The predicted molar refractivity (Wildman–Crippen MR) is 75.1 cm³/mol. The zero-order valence-corrected chi connectivity index (χ0v) is 12.5. The van der Waals surface area contributed by atoms with Gasteiger partial charge in [0, 0.05) is 25.3 Å². The molecule has 1 aromatic carbocycles. The van der Waals surface area contributed by atoms with Crippen molar-refractivity contribution in [3.8, 4) is 0 Å². The standard InChI is InChI=1S/C15H19F2NO4/c1-10(15(21)22-2)9-18(6-3-7-19)14(20)11-4-5-12(16)13(17)8-11/h4-5,8,10,19H,3,6-7,9H2,1-2H3. The maximum Gasteiger partial charge on any atom is 0.310 e. The third-order valence-corrected chi connectivity index (χ3v) is 3.14. The summed E-state index contributed by atoms with van der Waals surface area (Å²) >= 11 is 0. The number of ether oxygens (including phenoxy) is 1. The molecule has 22 heavy (non-hydrogen) atoms. The van der Waals surface area contributed by atoms with Gasteiger partial charge in [-0.05, 0) is 24.6 Å². The fraction of sp³-hybridized carbons (Fsp3) is 0.467. The van der Waals surface area contributed by atoms with E-state index in [1.165, 1.54) is 18.1 Å². The fourth-order valence-electron chi connectivity index (χ4n) is 1.96. The second-order valence-corrected chi connectivity index (χ2v) is 4.88. The van der Waals surface area contributed by atoms with Gasteiger partial charge in [0.05, 0.1) is 13.0 Å². The lowest BCUT2D eigenvalue weighted by Gasteiger charge is -2.25. The van der Waals surface area contributed by atoms with Crippen molar-refractivity contribution in [1.29, 1.82) is 0 Å². The van der Waals surface area contributed by atoms with Gasteiger partial charge in [-0.2, -0.15) is 0 Å². The van der Waals surface area contributed by atoms with Gasteiger partial charge in [-0.25, -0.2) is 8.78 Å². The Morgan fingerprint density at radius 3 is 2.55 bits per heavy atom. The van der Waals surface area contributed by atoms with Crippen molar-refractivity contribution >= 4 is 11.9 Å². The van der Waals surface area contributed by atoms with Crippen molar-refractivity contribution in [3.63, 3.8) is 0 Å². The molecule has 122 valence electrons. The molecule has 0 spiro atoms. The molecule has 1 atom stereocenters. The van der Waals surface area contributed by atoms with Gasteiger partial charge in [-0.1, -0.05) is 6.92 Å². The summed E-state index contributed by atoms with van der Waals surface area (Å²) in [5.41, 5.74) is -0.0195. The number of carbonyl (C=O) groups excluding carboxylic acids is 2. The summed E-state index contributed by atoms with van der Waals surface area (Å²) in [6.45, 7) is 1.71. The topological polar surface area (TPSA) is 66.8 Å². The van der Waals surface area contributed by atoms with Crippen LogP contribution in [0, 0.1) is 17.6 Å². The highest BCUT2D eigenvalue weighted by Gasteiger charge is 2.23. The number of halogens is 2. The molecule has 1 unspecified atom stereocenters. The average molecular weight is 315 g/mol. The van der Waals surface area contributed by atoms with Gasteiger partial charge in [0.25, 0.3) is 5.91 Å². The summed E-state index contributed by atoms with van der Waals surface area (Å²) in [6.07, 6.45) is 0.309. The lowest BCUT2D eigenvalue weighted by molar-refractivity contribution is -0.145. The number of nitrogens with zero attached hydrogens (tertiary/aromatic N) is 1. The van der Waals surface area contributed by atoms with Gasteiger partial charge < -0.3 is 14.7 Å². The first-order valence-corrected chi connectivity index (χ1v) is 6.83. The summed E-state index contributed by atoms with van der Waals surface area (Å²) in [4.78, 5) is 25.1. The normalized spacial score (nSPS) is 11.9. The SMILES string of the molecule is COC(=O)C(C)CN(CCCO)C(=O)c1ccc(F)c(F)c1. The van der Waals surface area contributed by atoms with E-state index in [9.17, 15) is 18.4 Å². The Hall–Kier alpha value is -2.02. The quantitative estimate of drug-likeness (QED) is 0.776. The smallest absolute Gasteiger partial charge is 0.310 e. The number of aliphatic hydroxyl groups excluding tert-OH is 1. The van der Waals surface area contributed by atoms with E-state index in [-0.39, 0.29) is 25.3 Å². The van der Waals surface area contributed by atoms with Crippen LogP contribution in [0.25, 0.3) is 0 Å². The predicted octanol–water partition coefficient (Wildman–Crippen LogP) is 1.60. The second kappa shape index (κ2) is 8.43. The Morgan fingerprint density at radius 2 is 2.00 bits per heavy atom. The van der Waals surface area contributed by atoms with Crippen LogP contribution < -0.4 is 0 Å². The van der Waals surface area contributed by atoms with Crippen LogP contribution >= 0.6 is 0 Å². The Labute approximate surface area is 127 Å². The number of benzene rings is 1. The molecule has 1 rings (SSSR count). The van der Waals surface area contributed by atoms with Crippen LogP contribution in [0.3, 0.4) is 0 Å². The highest BCUT2D eigenvalue weighted by molar-refractivity contribution is 5.94. The van der Waals surface area contributed by atoms with E-state index in [1.807, 2.05) is 0 Å². The molecule has 0 aromatic heterocycles. The van der Waals surface area contributed by atoms with Crippen LogP contribution in [0.4, 0.5) is 8.78 Å². The van der Waals surface area contributed by atoms with Gasteiger partial charge in [0.2, 0.25) is 0 Å². The zero-order chi connectivity index (χ0) is 16.7. The lowest BCUT2D eigenvalue weighted by atomic mass is 10.1. The lowest BCUT2D eigenvalue weighted by Crippen LogP contribution is -2.38. The third-order valence-electron chi connectivity index (χ3n) is 3.14. The van der Waals surface area contributed by atoms with Crippen LogP contribution in [0.15, 0.2) is 18.2 Å². The number of esters is 1. The minimum atomic E-state index is -1.12. The summed E-state index contributed by atoms with van der Waals surface area (Å²) in [6, 6.07) is 2.86. The number of carbonyl (C=O) groups is 2. The van der Waals surface area contributed by atoms with Crippen LogP contribution in [-0.2, 0) is 9.53 Å². The first-order chi connectivity index (χ1) is 10.4. The Morgan fingerprint density at radius 1 is 1.32 bits per heavy atom. The van der Waals surface area contributed by atoms with Gasteiger partial charge in [0.1, 0.15) is 0 Å². The molecule has 0 heterocycles. The van der Waals surface area contributed by atoms with Gasteiger partial charge in [-0.3, -0.25) is 9.59 Å². The molecule has 5 nitrogen and oxygen atoms in total. The van der Waals surface area contributed by atoms with E-state index in [0.717, 1.165) is 12.1 Å². The summed E-state index contributed by atoms with van der Waals surface area (Å²) in [7, 11) is 1.24. The van der Waals surface area contributed by atoms with E-state index in [2.05, 4.69) is 4.74 Å². The Kier molecular flexibility index (Phi) is 6.91. The number of hydrogen-bond donors (Lipinski definition) is 1. The third kappa shape index (κ3) is 4.77. The van der Waals surface area contributed by atoms with E-state index in [4.69, 9.17) is 5.11 Å². The maximum absolute atomic E-state index is 13.2. The average Bonchev–Trinajstić information content (AvgIpc) is 2.52. The van der Waals surface area contributed by atoms with Crippen molar-refractivity contribution in [2.24, 2.45) is 5.92 Å². The van der Waals surface area contributed by atoms with Crippen molar-refractivity contribution < 1.29 is 28.2 Å². The first kappa shape index (κ1) is 18.0. The second-order valence-electron chi connectivity index (χ2n) is 4.88. The molecule has 0 aliphatic heterocycles. The number of hydrogen-bond acceptors (Lipinski definition) is 4. The largest absolute Gasteiger partial charge is 0.469 e. The maximum atomic E-state index is 13.2. The molecule has 1 aromatic rings. The summed E-state index contributed by atoms with van der Waals surface area (Å²) < 4.78 is 30.8. The fourth-order valence-corrected chi connectivity index (χ4v) is 1.96. The van der Waals surface area contributed by atoms with Crippen LogP contribution in [0.1, 0.15) is 23.7 Å². The molecule has 1 N–H and O–H groups in total. The van der Waals surface area contributed by atoms with Crippen molar-refractivity contribution in [2.45, 2.75) is 13.3 Å². The molecule has 0 saturated heterocycles. The van der Waals surface area contributed by atoms with E-state index in [0.29, 0.717) is 6.42 Å². The molecular weight excluding hydrogens is 296 g/mol. The van der Waals surface area contributed by atoms with E-state index >= 15 is 0 Å². The zero-order valence-electron chi connectivity index (χ0n) is 12.5. The molecule has 0 fully saturated rings. The molecule has 0 bridgehead atoms. The molecule has 0 aliphatic rings. The summed E-state index contributed by atoms with van der Waals surface area (Å²) in [5, 5.41) is 8.90. The molecule has 0 saturated carbocycles. The molecule has 0 aliphatic carbocycles.